The van der Waals surface area contributed by atoms with Crippen LogP contribution in [0.15, 0.2) is 48.5 Å². The van der Waals surface area contributed by atoms with Gasteiger partial charge in [0.15, 0.2) is 11.5 Å². The van der Waals surface area contributed by atoms with Gasteiger partial charge in [-0.2, -0.15) is 0 Å². The van der Waals surface area contributed by atoms with E-state index in [9.17, 15) is 4.79 Å². The summed E-state index contributed by atoms with van der Waals surface area (Å²) in [6, 6.07) is 13.4. The number of carbonyl (C=O) groups is 1. The smallest absolute Gasteiger partial charge is 0.248 e. The Morgan fingerprint density at radius 3 is 2.52 bits per heavy atom. The molecule has 0 bridgehead atoms. The van der Waals surface area contributed by atoms with Crippen molar-refractivity contribution in [1.82, 2.24) is 0 Å². The number of hydrogen-bond donors (Lipinski definition) is 1. The molecule has 0 saturated carbocycles. The number of nitrogens with one attached hydrogen (secondary N) is 1. The van der Waals surface area contributed by atoms with Gasteiger partial charge in [-0.1, -0.05) is 49.9 Å². The van der Waals surface area contributed by atoms with Gasteiger partial charge in [0.1, 0.15) is 0 Å². The van der Waals surface area contributed by atoms with Crippen molar-refractivity contribution in [2.75, 3.05) is 19.0 Å². The van der Waals surface area contributed by atoms with E-state index in [1.807, 2.05) is 49.4 Å². The molecule has 0 spiro atoms. The highest BCUT2D eigenvalue weighted by atomic mass is 16.5. The highest BCUT2D eigenvalue weighted by Gasteiger charge is 2.05. The quantitative estimate of drug-likeness (QED) is 0.438. The normalized spacial score (nSPS) is 10.8. The maximum atomic E-state index is 12.1. The van der Waals surface area contributed by atoms with E-state index in [1.54, 1.807) is 13.2 Å². The van der Waals surface area contributed by atoms with Gasteiger partial charge in [0, 0.05) is 11.8 Å². The SMILES string of the molecule is CCCCCCOc1ccc(/C=C/C(=O)Nc2ccc(C)cc2)cc1OC. The van der Waals surface area contributed by atoms with Crippen molar-refractivity contribution in [3.63, 3.8) is 0 Å². The van der Waals surface area contributed by atoms with Crippen LogP contribution >= 0.6 is 0 Å². The number of rotatable bonds is 10. The Kier molecular flexibility index (Phi) is 8.43. The first-order valence-corrected chi connectivity index (χ1v) is 9.49. The molecule has 0 unspecified atom stereocenters. The van der Waals surface area contributed by atoms with Crippen LogP contribution in [0.1, 0.15) is 43.7 Å². The fraction of sp³-hybridized carbons (Fsp3) is 0.348. The molecule has 0 aliphatic rings. The molecule has 144 valence electrons. The Labute approximate surface area is 162 Å². The second kappa shape index (κ2) is 11.1. The molecule has 2 rings (SSSR count). The van der Waals surface area contributed by atoms with Crippen LogP contribution in [0.5, 0.6) is 11.5 Å². The van der Waals surface area contributed by atoms with Crippen LogP contribution in [0.3, 0.4) is 0 Å². The lowest BCUT2D eigenvalue weighted by Gasteiger charge is -2.11. The molecule has 0 radical (unpaired) electrons. The van der Waals surface area contributed by atoms with Gasteiger partial charge in [-0.25, -0.2) is 0 Å². The molecule has 4 heteroatoms. The van der Waals surface area contributed by atoms with Crippen LogP contribution in [0, 0.1) is 6.92 Å². The first kappa shape index (κ1) is 20.6. The number of benzene rings is 2. The van der Waals surface area contributed by atoms with Crippen molar-refractivity contribution in [2.24, 2.45) is 0 Å². The molecule has 2 aromatic carbocycles. The maximum Gasteiger partial charge on any atom is 0.248 e. The van der Waals surface area contributed by atoms with Crippen LogP contribution in [-0.2, 0) is 4.79 Å². The van der Waals surface area contributed by atoms with Crippen LogP contribution in [-0.4, -0.2) is 19.6 Å². The Morgan fingerprint density at radius 2 is 1.81 bits per heavy atom. The minimum absolute atomic E-state index is 0.172. The third kappa shape index (κ3) is 7.18. The molecular weight excluding hydrogens is 338 g/mol. The van der Waals surface area contributed by atoms with E-state index in [-0.39, 0.29) is 5.91 Å². The second-order valence-electron chi connectivity index (χ2n) is 6.51. The molecule has 0 aliphatic carbocycles. The van der Waals surface area contributed by atoms with Crippen LogP contribution < -0.4 is 14.8 Å². The third-order valence-electron chi connectivity index (χ3n) is 4.19. The lowest BCUT2D eigenvalue weighted by molar-refractivity contribution is -0.111. The summed E-state index contributed by atoms with van der Waals surface area (Å²) in [6.45, 7) is 4.89. The summed E-state index contributed by atoms with van der Waals surface area (Å²) in [5.74, 6) is 1.23. The minimum atomic E-state index is -0.172. The number of methoxy groups -OCH3 is 1. The first-order valence-electron chi connectivity index (χ1n) is 9.49. The fourth-order valence-corrected chi connectivity index (χ4v) is 2.61. The van der Waals surface area contributed by atoms with Gasteiger partial charge in [-0.15, -0.1) is 0 Å². The number of aryl methyl sites for hydroxylation is 1. The van der Waals surface area contributed by atoms with E-state index >= 15 is 0 Å². The van der Waals surface area contributed by atoms with Gasteiger partial charge < -0.3 is 14.8 Å². The fourth-order valence-electron chi connectivity index (χ4n) is 2.61. The number of carbonyl (C=O) groups excluding carboxylic acids is 1. The van der Waals surface area contributed by atoms with Crippen molar-refractivity contribution in [2.45, 2.75) is 39.5 Å². The van der Waals surface area contributed by atoms with Gasteiger partial charge in [0.05, 0.1) is 13.7 Å². The predicted molar refractivity (Wildman–Crippen MR) is 111 cm³/mol. The molecule has 0 heterocycles. The molecule has 0 aromatic heterocycles. The Bertz CT molecular complexity index is 751. The molecule has 1 amide bonds. The predicted octanol–water partition coefficient (Wildman–Crippen LogP) is 5.61. The van der Waals surface area contributed by atoms with Gasteiger partial charge >= 0.3 is 0 Å². The molecule has 0 fully saturated rings. The minimum Gasteiger partial charge on any atom is -0.493 e. The zero-order valence-corrected chi connectivity index (χ0v) is 16.5. The van der Waals surface area contributed by atoms with Gasteiger partial charge in [0.2, 0.25) is 5.91 Å². The largest absolute Gasteiger partial charge is 0.493 e. The van der Waals surface area contributed by atoms with Crippen molar-refractivity contribution in [1.29, 1.82) is 0 Å². The molecule has 1 N–H and O–H groups in total. The molecule has 0 aliphatic heterocycles. The molecule has 2 aromatic rings. The molecule has 0 saturated heterocycles. The summed E-state index contributed by atoms with van der Waals surface area (Å²) in [7, 11) is 1.62. The summed E-state index contributed by atoms with van der Waals surface area (Å²) < 4.78 is 11.2. The zero-order chi connectivity index (χ0) is 19.5. The van der Waals surface area contributed by atoms with Crippen molar-refractivity contribution in [3.05, 3.63) is 59.7 Å². The lowest BCUT2D eigenvalue weighted by atomic mass is 10.2. The topological polar surface area (TPSA) is 47.6 Å². The number of anilines is 1. The highest BCUT2D eigenvalue weighted by Crippen LogP contribution is 2.28. The standard InChI is InChI=1S/C23H29NO3/c1-4-5-6-7-16-27-21-14-10-19(17-22(21)26-3)11-15-23(25)24-20-12-8-18(2)9-13-20/h8-15,17H,4-7,16H2,1-3H3,(H,24,25)/b15-11+. The van der Waals surface area contributed by atoms with E-state index in [2.05, 4.69) is 12.2 Å². The Morgan fingerprint density at radius 1 is 1.04 bits per heavy atom. The summed E-state index contributed by atoms with van der Waals surface area (Å²) in [5, 5.41) is 2.84. The van der Waals surface area contributed by atoms with E-state index in [0.717, 1.165) is 29.0 Å². The van der Waals surface area contributed by atoms with Crippen molar-refractivity contribution in [3.8, 4) is 11.5 Å². The van der Waals surface area contributed by atoms with Crippen LogP contribution in [0.4, 0.5) is 5.69 Å². The molecule has 0 atom stereocenters. The molecular formula is C23H29NO3. The number of ether oxygens (including phenoxy) is 2. The van der Waals surface area contributed by atoms with E-state index in [4.69, 9.17) is 9.47 Å². The molecule has 27 heavy (non-hydrogen) atoms. The van der Waals surface area contributed by atoms with E-state index < -0.39 is 0 Å². The van der Waals surface area contributed by atoms with Crippen molar-refractivity contribution < 1.29 is 14.3 Å². The van der Waals surface area contributed by atoms with Gasteiger partial charge in [0.25, 0.3) is 0 Å². The summed E-state index contributed by atoms with van der Waals surface area (Å²) in [4.78, 5) is 12.1. The summed E-state index contributed by atoms with van der Waals surface area (Å²) in [5.41, 5.74) is 2.81. The summed E-state index contributed by atoms with van der Waals surface area (Å²) in [6.07, 6.45) is 7.93. The average Bonchev–Trinajstić information content (AvgIpc) is 2.68. The maximum absolute atomic E-state index is 12.1. The Hall–Kier alpha value is -2.75. The summed E-state index contributed by atoms with van der Waals surface area (Å²) >= 11 is 0. The first-order chi connectivity index (χ1) is 13.1. The Balaban J connectivity index is 1.92. The lowest BCUT2D eigenvalue weighted by Crippen LogP contribution is -2.07. The van der Waals surface area contributed by atoms with Gasteiger partial charge in [-0.05, 0) is 49.2 Å². The second-order valence-corrected chi connectivity index (χ2v) is 6.51. The number of amides is 1. The number of unbranched alkanes of at least 4 members (excludes halogenated alkanes) is 3. The zero-order valence-electron chi connectivity index (χ0n) is 16.5. The van der Waals surface area contributed by atoms with Crippen LogP contribution in [0.2, 0.25) is 0 Å². The third-order valence-corrected chi connectivity index (χ3v) is 4.19. The average molecular weight is 367 g/mol. The van der Waals surface area contributed by atoms with Crippen LogP contribution in [0.25, 0.3) is 6.08 Å². The van der Waals surface area contributed by atoms with Crippen molar-refractivity contribution >= 4 is 17.7 Å². The molecule has 4 nitrogen and oxygen atoms in total. The highest BCUT2D eigenvalue weighted by molar-refractivity contribution is 6.01. The van der Waals surface area contributed by atoms with Gasteiger partial charge in [-0.3, -0.25) is 4.79 Å². The van der Waals surface area contributed by atoms with E-state index in [1.165, 1.54) is 25.3 Å². The number of hydrogen-bond acceptors (Lipinski definition) is 3. The van der Waals surface area contributed by atoms with E-state index in [0.29, 0.717) is 12.4 Å². The monoisotopic (exact) mass is 367 g/mol.